The van der Waals surface area contributed by atoms with Crippen LogP contribution in [0, 0.1) is 5.92 Å². The Kier molecular flexibility index (Phi) is 3.92. The molecule has 2 unspecified atom stereocenters. The highest BCUT2D eigenvalue weighted by atomic mass is 16.2. The molecule has 1 fully saturated rings. The van der Waals surface area contributed by atoms with Crippen LogP contribution in [0.1, 0.15) is 18.4 Å². The minimum atomic E-state index is -0.0796. The smallest absolute Gasteiger partial charge is 0.242 e. The van der Waals surface area contributed by atoms with E-state index < -0.39 is 0 Å². The van der Waals surface area contributed by atoms with Crippen LogP contribution in [0.25, 0.3) is 0 Å². The molecule has 0 spiro atoms. The largest absolute Gasteiger partial charge is 0.373 e. The maximum absolute atomic E-state index is 12.3. The number of carbonyl (C=O) groups is 1. The lowest BCUT2D eigenvalue weighted by atomic mass is 9.97. The van der Waals surface area contributed by atoms with Crippen LogP contribution >= 0.6 is 0 Å². The molecule has 4 heteroatoms. The molecule has 3 rings (SSSR count). The molecule has 0 saturated carbocycles. The molecule has 0 bridgehead atoms. The number of amides is 1. The Bertz CT molecular complexity index is 488. The number of hydrogen-bond acceptors (Lipinski definition) is 3. The fourth-order valence-electron chi connectivity index (χ4n) is 3.20. The molecule has 20 heavy (non-hydrogen) atoms. The third-order valence-corrected chi connectivity index (χ3v) is 4.42. The summed E-state index contributed by atoms with van der Waals surface area (Å²) in [5.41, 5.74) is 2.42. The van der Waals surface area contributed by atoms with Gasteiger partial charge in [-0.05, 0) is 50.4 Å². The average Bonchev–Trinajstić information content (AvgIpc) is 2.90. The van der Waals surface area contributed by atoms with E-state index >= 15 is 0 Å². The Labute approximate surface area is 120 Å². The maximum Gasteiger partial charge on any atom is 0.242 e. The molecule has 108 valence electrons. The van der Waals surface area contributed by atoms with Gasteiger partial charge in [-0.1, -0.05) is 18.2 Å². The van der Waals surface area contributed by atoms with E-state index in [1.165, 1.54) is 12.0 Å². The maximum atomic E-state index is 12.3. The minimum absolute atomic E-state index is 0.0796. The van der Waals surface area contributed by atoms with E-state index in [9.17, 15) is 4.79 Å². The van der Waals surface area contributed by atoms with Crippen molar-refractivity contribution in [2.75, 3.05) is 32.0 Å². The number of anilines is 1. The zero-order valence-corrected chi connectivity index (χ0v) is 12.1. The third-order valence-electron chi connectivity index (χ3n) is 4.42. The van der Waals surface area contributed by atoms with E-state index in [1.807, 2.05) is 6.07 Å². The van der Waals surface area contributed by atoms with Gasteiger partial charge in [0.15, 0.2) is 0 Å². The van der Waals surface area contributed by atoms with Crippen LogP contribution in [-0.4, -0.2) is 43.5 Å². The minimum Gasteiger partial charge on any atom is -0.373 e. The lowest BCUT2D eigenvalue weighted by molar-refractivity contribution is -0.122. The quantitative estimate of drug-likeness (QED) is 0.877. The van der Waals surface area contributed by atoms with Crippen LogP contribution < -0.4 is 10.6 Å². The number of benzene rings is 1. The lowest BCUT2D eigenvalue weighted by Gasteiger charge is -2.26. The van der Waals surface area contributed by atoms with Crippen molar-refractivity contribution in [3.05, 3.63) is 29.8 Å². The number of likely N-dealkylation sites (tertiary alicyclic amines) is 1. The molecule has 1 saturated heterocycles. The van der Waals surface area contributed by atoms with Crippen molar-refractivity contribution in [3.8, 4) is 0 Å². The summed E-state index contributed by atoms with van der Waals surface area (Å²) in [5.74, 6) is 0.758. The van der Waals surface area contributed by atoms with Gasteiger partial charge >= 0.3 is 0 Å². The number of para-hydroxylation sites is 1. The van der Waals surface area contributed by atoms with E-state index in [0.29, 0.717) is 5.92 Å². The van der Waals surface area contributed by atoms with E-state index in [-0.39, 0.29) is 11.9 Å². The highest BCUT2D eigenvalue weighted by molar-refractivity contribution is 5.85. The summed E-state index contributed by atoms with van der Waals surface area (Å²) in [6.07, 6.45) is 3.05. The monoisotopic (exact) mass is 273 g/mol. The number of fused-ring (bicyclic) bond motifs is 1. The van der Waals surface area contributed by atoms with Gasteiger partial charge in [0, 0.05) is 18.8 Å². The molecule has 0 aliphatic carbocycles. The standard InChI is InChI=1S/C16H23N3O/c1-19-9-8-12(11-19)10-17-16(20)15-7-6-13-4-2-3-5-14(13)18-15/h2-5,12,15,18H,6-11H2,1H3,(H,17,20). The molecular formula is C16H23N3O. The van der Waals surface area contributed by atoms with Crippen LogP contribution in [0.2, 0.25) is 0 Å². The lowest BCUT2D eigenvalue weighted by Crippen LogP contribution is -2.43. The second-order valence-corrected chi connectivity index (χ2v) is 6.05. The molecule has 1 aromatic rings. The first-order chi connectivity index (χ1) is 9.72. The van der Waals surface area contributed by atoms with Crippen molar-refractivity contribution >= 4 is 11.6 Å². The van der Waals surface area contributed by atoms with Crippen molar-refractivity contribution < 1.29 is 4.79 Å². The van der Waals surface area contributed by atoms with Crippen LogP contribution in [0.4, 0.5) is 5.69 Å². The van der Waals surface area contributed by atoms with E-state index in [1.54, 1.807) is 0 Å². The summed E-state index contributed by atoms with van der Waals surface area (Å²) in [4.78, 5) is 14.6. The molecule has 2 aliphatic heterocycles. The first-order valence-electron chi connectivity index (χ1n) is 7.53. The van der Waals surface area contributed by atoms with Crippen molar-refractivity contribution in [1.29, 1.82) is 0 Å². The normalized spacial score (nSPS) is 25.9. The van der Waals surface area contributed by atoms with Crippen molar-refractivity contribution in [2.45, 2.75) is 25.3 Å². The Morgan fingerprint density at radius 3 is 3.05 bits per heavy atom. The zero-order valence-electron chi connectivity index (χ0n) is 12.1. The fourth-order valence-corrected chi connectivity index (χ4v) is 3.20. The predicted octanol–water partition coefficient (Wildman–Crippen LogP) is 1.48. The summed E-state index contributed by atoms with van der Waals surface area (Å²) < 4.78 is 0. The fraction of sp³-hybridized carbons (Fsp3) is 0.562. The Hall–Kier alpha value is -1.55. The number of nitrogens with one attached hydrogen (secondary N) is 2. The van der Waals surface area contributed by atoms with Gasteiger partial charge in [0.1, 0.15) is 6.04 Å². The van der Waals surface area contributed by atoms with Crippen LogP contribution in [0.3, 0.4) is 0 Å². The van der Waals surface area contributed by atoms with Gasteiger partial charge in [-0.2, -0.15) is 0 Å². The number of hydrogen-bond donors (Lipinski definition) is 2. The molecule has 1 amide bonds. The summed E-state index contributed by atoms with van der Waals surface area (Å²) in [6.45, 7) is 3.06. The van der Waals surface area contributed by atoms with Gasteiger partial charge in [-0.3, -0.25) is 4.79 Å². The Balaban J connectivity index is 1.51. The van der Waals surface area contributed by atoms with Gasteiger partial charge in [-0.15, -0.1) is 0 Å². The van der Waals surface area contributed by atoms with Crippen LogP contribution in [0.5, 0.6) is 0 Å². The predicted molar refractivity (Wildman–Crippen MR) is 80.8 cm³/mol. The van der Waals surface area contributed by atoms with E-state index in [2.05, 4.69) is 40.8 Å². The summed E-state index contributed by atoms with van der Waals surface area (Å²) in [6, 6.07) is 8.17. The highest BCUT2D eigenvalue weighted by Crippen LogP contribution is 2.24. The topological polar surface area (TPSA) is 44.4 Å². The molecule has 2 N–H and O–H groups in total. The molecule has 2 atom stereocenters. The summed E-state index contributed by atoms with van der Waals surface area (Å²) >= 11 is 0. The van der Waals surface area contributed by atoms with Gasteiger partial charge in [-0.25, -0.2) is 0 Å². The van der Waals surface area contributed by atoms with Gasteiger partial charge in [0.2, 0.25) is 5.91 Å². The first kappa shape index (κ1) is 13.4. The van der Waals surface area contributed by atoms with E-state index in [0.717, 1.165) is 38.2 Å². The van der Waals surface area contributed by atoms with Gasteiger partial charge in [0.25, 0.3) is 0 Å². The molecule has 0 radical (unpaired) electrons. The second kappa shape index (κ2) is 5.83. The molecular weight excluding hydrogens is 250 g/mol. The van der Waals surface area contributed by atoms with Crippen LogP contribution in [0.15, 0.2) is 24.3 Å². The Morgan fingerprint density at radius 1 is 1.40 bits per heavy atom. The average molecular weight is 273 g/mol. The highest BCUT2D eigenvalue weighted by Gasteiger charge is 2.25. The summed E-state index contributed by atoms with van der Waals surface area (Å²) in [7, 11) is 2.14. The molecule has 2 heterocycles. The molecule has 4 nitrogen and oxygen atoms in total. The van der Waals surface area contributed by atoms with Crippen molar-refractivity contribution in [3.63, 3.8) is 0 Å². The van der Waals surface area contributed by atoms with Crippen molar-refractivity contribution in [1.82, 2.24) is 10.2 Å². The molecule has 2 aliphatic rings. The first-order valence-corrected chi connectivity index (χ1v) is 7.53. The summed E-state index contributed by atoms with van der Waals surface area (Å²) in [5, 5.41) is 6.48. The number of aryl methyl sites for hydroxylation is 1. The zero-order chi connectivity index (χ0) is 13.9. The number of rotatable bonds is 3. The van der Waals surface area contributed by atoms with Crippen LogP contribution in [-0.2, 0) is 11.2 Å². The number of nitrogens with zero attached hydrogens (tertiary/aromatic N) is 1. The van der Waals surface area contributed by atoms with Crippen molar-refractivity contribution in [2.24, 2.45) is 5.92 Å². The third kappa shape index (κ3) is 2.96. The molecule has 1 aromatic carbocycles. The second-order valence-electron chi connectivity index (χ2n) is 6.05. The van der Waals surface area contributed by atoms with Gasteiger partial charge in [0.05, 0.1) is 0 Å². The SMILES string of the molecule is CN1CCC(CNC(=O)C2CCc3ccccc3N2)C1. The molecule has 0 aromatic heterocycles. The Morgan fingerprint density at radius 2 is 2.25 bits per heavy atom. The number of carbonyl (C=O) groups excluding carboxylic acids is 1. The van der Waals surface area contributed by atoms with E-state index in [4.69, 9.17) is 0 Å². The van der Waals surface area contributed by atoms with Gasteiger partial charge < -0.3 is 15.5 Å².